The molecular formula is C13H13Cl3FNO5S. The zero-order valence-corrected chi connectivity index (χ0v) is 15.4. The molecule has 1 fully saturated rings. The highest BCUT2D eigenvalue weighted by atomic mass is 35.6. The van der Waals surface area contributed by atoms with Crippen LogP contribution in [-0.4, -0.2) is 41.7 Å². The molecule has 6 nitrogen and oxygen atoms in total. The molecule has 3 atom stereocenters. The van der Waals surface area contributed by atoms with Crippen LogP contribution in [0.25, 0.3) is 0 Å². The van der Waals surface area contributed by atoms with Gasteiger partial charge in [0.2, 0.25) is 3.79 Å². The van der Waals surface area contributed by atoms with E-state index in [9.17, 15) is 17.6 Å². The van der Waals surface area contributed by atoms with Crippen LogP contribution in [0.1, 0.15) is 18.5 Å². The predicted octanol–water partition coefficient (Wildman–Crippen LogP) is 2.75. The molecule has 3 unspecified atom stereocenters. The number of carbonyl (C=O) groups is 1. The lowest BCUT2D eigenvalue weighted by Crippen LogP contribution is -2.26. The molecule has 24 heavy (non-hydrogen) atoms. The summed E-state index contributed by atoms with van der Waals surface area (Å²) in [6.07, 6.45) is 0. The Morgan fingerprint density at radius 1 is 1.29 bits per heavy atom. The molecule has 1 aliphatic heterocycles. The lowest BCUT2D eigenvalue weighted by atomic mass is 10.1. The highest BCUT2D eigenvalue weighted by molar-refractivity contribution is 7.84. The van der Waals surface area contributed by atoms with Crippen LogP contribution in [0.2, 0.25) is 0 Å². The van der Waals surface area contributed by atoms with E-state index in [-0.39, 0.29) is 6.61 Å². The first kappa shape index (κ1) is 19.7. The molecule has 0 N–H and O–H groups in total. The Kier molecular flexibility index (Phi) is 5.99. The molecule has 1 aromatic carbocycles. The number of nitrogens with zero attached hydrogens (tertiary/aromatic N) is 1. The number of hydrogen-bond acceptors (Lipinski definition) is 5. The maximum atomic E-state index is 13.0. The third-order valence-electron chi connectivity index (χ3n) is 3.13. The molecule has 1 aromatic rings. The Hall–Kier alpha value is -0.640. The van der Waals surface area contributed by atoms with E-state index in [0.29, 0.717) is 5.56 Å². The second-order valence-electron chi connectivity index (χ2n) is 4.86. The second kappa shape index (κ2) is 7.31. The number of esters is 1. The third-order valence-corrected chi connectivity index (χ3v) is 4.84. The number of halogens is 4. The van der Waals surface area contributed by atoms with Crippen molar-refractivity contribution < 1.29 is 26.5 Å². The Balaban J connectivity index is 2.24. The van der Waals surface area contributed by atoms with E-state index in [1.165, 1.54) is 12.1 Å². The van der Waals surface area contributed by atoms with Gasteiger partial charge < -0.3 is 4.74 Å². The van der Waals surface area contributed by atoms with Crippen LogP contribution in [-0.2, 0) is 24.0 Å². The van der Waals surface area contributed by atoms with Gasteiger partial charge in [-0.1, -0.05) is 46.9 Å². The van der Waals surface area contributed by atoms with Crippen molar-refractivity contribution in [2.24, 2.45) is 0 Å². The van der Waals surface area contributed by atoms with Crippen molar-refractivity contribution in [2.75, 3.05) is 13.2 Å². The fourth-order valence-corrected chi connectivity index (χ4v) is 3.89. The average Bonchev–Trinajstić information content (AvgIpc) is 3.22. The third kappa shape index (κ3) is 4.71. The van der Waals surface area contributed by atoms with E-state index in [2.05, 4.69) is 4.18 Å². The lowest BCUT2D eigenvalue weighted by molar-refractivity contribution is -0.143. The molecule has 1 aliphatic rings. The summed E-state index contributed by atoms with van der Waals surface area (Å²) >= 11 is 16.4. The van der Waals surface area contributed by atoms with Crippen LogP contribution in [0, 0.1) is 5.82 Å². The SMILES string of the molecule is CCOC(=O)C1C(c2ccc(F)cc2)N1S(=O)(=O)OCC(Cl)(Cl)Cl. The summed E-state index contributed by atoms with van der Waals surface area (Å²) in [6, 6.07) is 3.07. The number of alkyl halides is 3. The summed E-state index contributed by atoms with van der Waals surface area (Å²) in [4.78, 5) is 12.0. The molecule has 0 aromatic heterocycles. The minimum Gasteiger partial charge on any atom is -0.465 e. The Morgan fingerprint density at radius 3 is 2.38 bits per heavy atom. The summed E-state index contributed by atoms with van der Waals surface area (Å²) in [7, 11) is -4.35. The molecular weight excluding hydrogens is 408 g/mol. The molecule has 2 rings (SSSR count). The van der Waals surface area contributed by atoms with Gasteiger partial charge in [-0.3, -0.25) is 8.98 Å². The first-order chi connectivity index (χ1) is 11.1. The van der Waals surface area contributed by atoms with Crippen molar-refractivity contribution in [3.8, 4) is 0 Å². The fourth-order valence-electron chi connectivity index (χ4n) is 2.14. The summed E-state index contributed by atoms with van der Waals surface area (Å²) in [6.45, 7) is 0.946. The largest absolute Gasteiger partial charge is 0.465 e. The van der Waals surface area contributed by atoms with Crippen LogP contribution in [0.4, 0.5) is 4.39 Å². The van der Waals surface area contributed by atoms with Gasteiger partial charge in [-0.25, -0.2) is 4.39 Å². The number of hydrogen-bond donors (Lipinski definition) is 0. The Morgan fingerprint density at radius 2 is 1.88 bits per heavy atom. The van der Waals surface area contributed by atoms with Gasteiger partial charge in [-0.2, -0.15) is 12.7 Å². The molecule has 0 saturated carbocycles. The van der Waals surface area contributed by atoms with Gasteiger partial charge in [0.05, 0.1) is 12.6 Å². The van der Waals surface area contributed by atoms with Crippen molar-refractivity contribution >= 4 is 51.1 Å². The molecule has 0 amide bonds. The zero-order valence-electron chi connectivity index (χ0n) is 12.3. The summed E-state index contributed by atoms with van der Waals surface area (Å²) in [5.41, 5.74) is 0.413. The standard InChI is InChI=1S/C13H13Cl3FNO5S/c1-2-22-12(19)11-10(8-3-5-9(17)6-4-8)18(11)24(20,21)23-7-13(14,15)16/h3-6,10-11H,2,7H2,1H3. The van der Waals surface area contributed by atoms with E-state index in [1.54, 1.807) is 6.92 Å². The maximum absolute atomic E-state index is 13.0. The van der Waals surface area contributed by atoms with Gasteiger partial charge in [-0.15, -0.1) is 0 Å². The van der Waals surface area contributed by atoms with Gasteiger partial charge >= 0.3 is 16.3 Å². The topological polar surface area (TPSA) is 72.7 Å². The quantitative estimate of drug-likeness (QED) is 0.402. The smallest absolute Gasteiger partial charge is 0.340 e. The molecule has 0 aliphatic carbocycles. The summed E-state index contributed by atoms with van der Waals surface area (Å²) in [5.74, 6) is -1.23. The molecule has 1 saturated heterocycles. The van der Waals surface area contributed by atoms with Crippen molar-refractivity contribution in [1.82, 2.24) is 4.31 Å². The highest BCUT2D eigenvalue weighted by Crippen LogP contribution is 2.47. The molecule has 134 valence electrons. The summed E-state index contributed by atoms with van der Waals surface area (Å²) in [5, 5.41) is 0. The van der Waals surface area contributed by atoms with Crippen LogP contribution >= 0.6 is 34.8 Å². The van der Waals surface area contributed by atoms with Crippen LogP contribution in [0.3, 0.4) is 0 Å². The Bertz CT molecular complexity index is 707. The van der Waals surface area contributed by atoms with Crippen molar-refractivity contribution in [3.63, 3.8) is 0 Å². The second-order valence-corrected chi connectivity index (χ2v) is 8.89. The average molecular weight is 421 g/mol. The maximum Gasteiger partial charge on any atom is 0.340 e. The minimum atomic E-state index is -4.35. The van der Waals surface area contributed by atoms with E-state index >= 15 is 0 Å². The molecule has 0 spiro atoms. The number of benzene rings is 1. The normalized spacial score (nSPS) is 23.8. The van der Waals surface area contributed by atoms with Gasteiger partial charge in [-0.05, 0) is 24.6 Å². The van der Waals surface area contributed by atoms with Crippen LogP contribution in [0.5, 0.6) is 0 Å². The number of carbonyl (C=O) groups excluding carboxylic acids is 1. The van der Waals surface area contributed by atoms with Crippen LogP contribution < -0.4 is 0 Å². The van der Waals surface area contributed by atoms with Gasteiger partial charge in [0.15, 0.2) is 0 Å². The number of ether oxygens (including phenoxy) is 1. The highest BCUT2D eigenvalue weighted by Gasteiger charge is 2.62. The van der Waals surface area contributed by atoms with Crippen LogP contribution in [0.15, 0.2) is 24.3 Å². The van der Waals surface area contributed by atoms with E-state index < -0.39 is 44.6 Å². The fraction of sp³-hybridized carbons (Fsp3) is 0.462. The van der Waals surface area contributed by atoms with Gasteiger partial charge in [0, 0.05) is 0 Å². The van der Waals surface area contributed by atoms with Gasteiger partial charge in [0.1, 0.15) is 18.5 Å². The molecule has 0 radical (unpaired) electrons. The van der Waals surface area contributed by atoms with E-state index in [1.807, 2.05) is 0 Å². The van der Waals surface area contributed by atoms with E-state index in [0.717, 1.165) is 16.4 Å². The monoisotopic (exact) mass is 419 g/mol. The zero-order chi connectivity index (χ0) is 18.1. The molecule has 1 heterocycles. The number of rotatable bonds is 6. The first-order valence-corrected chi connectivity index (χ1v) is 9.23. The van der Waals surface area contributed by atoms with Crippen molar-refractivity contribution in [1.29, 1.82) is 0 Å². The Labute approximate surface area is 153 Å². The van der Waals surface area contributed by atoms with Crippen molar-refractivity contribution in [2.45, 2.75) is 22.8 Å². The first-order valence-electron chi connectivity index (χ1n) is 6.73. The van der Waals surface area contributed by atoms with Crippen molar-refractivity contribution in [3.05, 3.63) is 35.6 Å². The lowest BCUT2D eigenvalue weighted by Gasteiger charge is -2.12. The predicted molar refractivity (Wildman–Crippen MR) is 86.6 cm³/mol. The summed E-state index contributed by atoms with van der Waals surface area (Å²) < 4.78 is 45.9. The van der Waals surface area contributed by atoms with E-state index in [4.69, 9.17) is 39.5 Å². The minimum absolute atomic E-state index is 0.0777. The molecule has 11 heteroatoms. The molecule has 0 bridgehead atoms. The van der Waals surface area contributed by atoms with Gasteiger partial charge in [0.25, 0.3) is 0 Å².